The minimum absolute atomic E-state index is 0.0782. The Kier molecular flexibility index (Phi) is 6.44. The second kappa shape index (κ2) is 8.84. The molecule has 114 valence electrons. The molecule has 2 amide bonds. The first-order valence-electron chi connectivity index (χ1n) is 6.88. The number of anilines is 1. The zero-order valence-corrected chi connectivity index (χ0v) is 12.8. The molecule has 0 spiro atoms. The number of carbonyl (C=O) groups excluding carboxylic acids is 2. The van der Waals surface area contributed by atoms with Crippen molar-refractivity contribution in [2.45, 2.75) is 11.3 Å². The first kappa shape index (κ1) is 16.0. The highest BCUT2D eigenvalue weighted by atomic mass is 32.2. The van der Waals surface area contributed by atoms with Gasteiger partial charge in [-0.2, -0.15) is 0 Å². The maximum Gasteiger partial charge on any atom is 0.230 e. The van der Waals surface area contributed by atoms with Crippen molar-refractivity contribution in [2.24, 2.45) is 0 Å². The second-order valence-electron chi connectivity index (χ2n) is 4.49. The van der Waals surface area contributed by atoms with E-state index in [1.54, 1.807) is 24.5 Å². The summed E-state index contributed by atoms with van der Waals surface area (Å²) in [6.07, 6.45) is 3.46. The molecule has 6 heteroatoms. The van der Waals surface area contributed by atoms with Gasteiger partial charge in [-0.05, 0) is 24.3 Å². The SMILES string of the molecule is O=C(CSc1ccccc1)NCCC(=O)Nc1ccncc1. The Hall–Kier alpha value is -2.34. The van der Waals surface area contributed by atoms with E-state index in [1.807, 2.05) is 30.3 Å². The molecule has 0 radical (unpaired) electrons. The van der Waals surface area contributed by atoms with Crippen LogP contribution < -0.4 is 10.6 Å². The van der Waals surface area contributed by atoms with Gasteiger partial charge in [0, 0.05) is 35.9 Å². The molecule has 0 aliphatic heterocycles. The Morgan fingerprint density at radius 3 is 2.45 bits per heavy atom. The van der Waals surface area contributed by atoms with Crippen LogP contribution in [0.5, 0.6) is 0 Å². The lowest BCUT2D eigenvalue weighted by Gasteiger charge is -2.06. The Morgan fingerprint density at radius 2 is 1.73 bits per heavy atom. The highest BCUT2D eigenvalue weighted by Gasteiger charge is 2.05. The van der Waals surface area contributed by atoms with E-state index in [0.29, 0.717) is 18.0 Å². The fraction of sp³-hybridized carbons (Fsp3) is 0.188. The van der Waals surface area contributed by atoms with Crippen molar-refractivity contribution in [2.75, 3.05) is 17.6 Å². The van der Waals surface area contributed by atoms with Gasteiger partial charge in [-0.1, -0.05) is 18.2 Å². The van der Waals surface area contributed by atoms with Crippen molar-refractivity contribution >= 4 is 29.3 Å². The number of nitrogens with one attached hydrogen (secondary N) is 2. The lowest BCUT2D eigenvalue weighted by molar-refractivity contribution is -0.119. The van der Waals surface area contributed by atoms with Crippen LogP contribution in [0.1, 0.15) is 6.42 Å². The maximum absolute atomic E-state index is 11.7. The van der Waals surface area contributed by atoms with Crippen LogP contribution >= 0.6 is 11.8 Å². The van der Waals surface area contributed by atoms with Gasteiger partial charge < -0.3 is 10.6 Å². The van der Waals surface area contributed by atoms with Crippen LogP contribution in [0, 0.1) is 0 Å². The zero-order valence-electron chi connectivity index (χ0n) is 12.0. The standard InChI is InChI=1S/C16H17N3O2S/c20-15(19-13-6-9-17-10-7-13)8-11-18-16(21)12-22-14-4-2-1-3-5-14/h1-7,9-10H,8,11-12H2,(H,18,21)(H,17,19,20). The second-order valence-corrected chi connectivity index (χ2v) is 5.53. The number of benzene rings is 1. The van der Waals surface area contributed by atoms with E-state index in [9.17, 15) is 9.59 Å². The largest absolute Gasteiger partial charge is 0.355 e. The van der Waals surface area contributed by atoms with Crippen LogP contribution in [-0.4, -0.2) is 29.1 Å². The van der Waals surface area contributed by atoms with Crippen molar-refractivity contribution in [3.63, 3.8) is 0 Å². The van der Waals surface area contributed by atoms with Gasteiger partial charge in [0.25, 0.3) is 0 Å². The Bertz CT molecular complexity index is 605. The summed E-state index contributed by atoms with van der Waals surface area (Å²) in [6.45, 7) is 0.325. The minimum Gasteiger partial charge on any atom is -0.355 e. The number of hydrogen-bond acceptors (Lipinski definition) is 4. The Balaban J connectivity index is 1.61. The third-order valence-electron chi connectivity index (χ3n) is 2.75. The molecule has 2 N–H and O–H groups in total. The molecule has 5 nitrogen and oxygen atoms in total. The first-order chi connectivity index (χ1) is 10.7. The van der Waals surface area contributed by atoms with Crippen molar-refractivity contribution in [3.05, 3.63) is 54.9 Å². The van der Waals surface area contributed by atoms with Crippen molar-refractivity contribution in [1.29, 1.82) is 0 Å². The highest BCUT2D eigenvalue weighted by Crippen LogP contribution is 2.16. The highest BCUT2D eigenvalue weighted by molar-refractivity contribution is 8.00. The van der Waals surface area contributed by atoms with E-state index < -0.39 is 0 Å². The third kappa shape index (κ3) is 5.97. The predicted molar refractivity (Wildman–Crippen MR) is 87.7 cm³/mol. The van der Waals surface area contributed by atoms with Gasteiger partial charge in [0.05, 0.1) is 5.75 Å². The summed E-state index contributed by atoms with van der Waals surface area (Å²) in [6, 6.07) is 13.2. The maximum atomic E-state index is 11.7. The normalized spacial score (nSPS) is 10.0. The van der Waals surface area contributed by atoms with Gasteiger partial charge in [-0.3, -0.25) is 14.6 Å². The molecule has 0 atom stereocenters. The molecule has 1 aromatic carbocycles. The molecule has 0 saturated carbocycles. The third-order valence-corrected chi connectivity index (χ3v) is 3.76. The van der Waals surface area contributed by atoms with Crippen LogP contribution in [0.4, 0.5) is 5.69 Å². The molecule has 0 saturated heterocycles. The average molecular weight is 315 g/mol. The van der Waals surface area contributed by atoms with Gasteiger partial charge in [0.2, 0.25) is 11.8 Å². The van der Waals surface area contributed by atoms with E-state index in [1.165, 1.54) is 11.8 Å². The molecule has 0 unspecified atom stereocenters. The summed E-state index contributed by atoms with van der Waals surface area (Å²) in [5, 5.41) is 5.47. The van der Waals surface area contributed by atoms with Crippen LogP contribution in [0.2, 0.25) is 0 Å². The van der Waals surface area contributed by atoms with E-state index in [4.69, 9.17) is 0 Å². The van der Waals surface area contributed by atoms with Crippen molar-refractivity contribution in [3.8, 4) is 0 Å². The minimum atomic E-state index is -0.137. The predicted octanol–water partition coefficient (Wildman–Crippen LogP) is 2.32. The van der Waals surface area contributed by atoms with E-state index in [2.05, 4.69) is 15.6 Å². The molecule has 0 fully saturated rings. The summed E-state index contributed by atoms with van der Waals surface area (Å²) in [5.41, 5.74) is 0.700. The average Bonchev–Trinajstić information content (AvgIpc) is 2.55. The fourth-order valence-electron chi connectivity index (χ4n) is 1.69. The Morgan fingerprint density at radius 1 is 1.00 bits per heavy atom. The summed E-state index contributed by atoms with van der Waals surface area (Å²) >= 11 is 1.47. The van der Waals surface area contributed by atoms with E-state index in [0.717, 1.165) is 4.90 Å². The quantitative estimate of drug-likeness (QED) is 0.769. The van der Waals surface area contributed by atoms with Crippen LogP contribution in [0.15, 0.2) is 59.8 Å². The van der Waals surface area contributed by atoms with Crippen molar-refractivity contribution in [1.82, 2.24) is 10.3 Å². The molecule has 2 aromatic rings. The molecule has 0 aliphatic carbocycles. The topological polar surface area (TPSA) is 71.1 Å². The molecule has 2 rings (SSSR count). The summed E-state index contributed by atoms with van der Waals surface area (Å²) < 4.78 is 0. The van der Waals surface area contributed by atoms with Gasteiger partial charge >= 0.3 is 0 Å². The van der Waals surface area contributed by atoms with Gasteiger partial charge in [-0.25, -0.2) is 0 Å². The van der Waals surface area contributed by atoms with Gasteiger partial charge in [0.15, 0.2) is 0 Å². The number of carbonyl (C=O) groups is 2. The number of rotatable bonds is 7. The van der Waals surface area contributed by atoms with Gasteiger partial charge in [0.1, 0.15) is 0 Å². The fourth-order valence-corrected chi connectivity index (χ4v) is 2.44. The number of amides is 2. The first-order valence-corrected chi connectivity index (χ1v) is 7.87. The zero-order chi connectivity index (χ0) is 15.6. The lowest BCUT2D eigenvalue weighted by atomic mass is 10.3. The molecule has 1 aromatic heterocycles. The van der Waals surface area contributed by atoms with E-state index in [-0.39, 0.29) is 18.2 Å². The lowest BCUT2D eigenvalue weighted by Crippen LogP contribution is -2.28. The van der Waals surface area contributed by atoms with Crippen LogP contribution in [0.3, 0.4) is 0 Å². The summed E-state index contributed by atoms with van der Waals surface area (Å²) in [7, 11) is 0. The summed E-state index contributed by atoms with van der Waals surface area (Å²) in [5.74, 6) is 0.128. The number of aromatic nitrogens is 1. The van der Waals surface area contributed by atoms with Crippen molar-refractivity contribution < 1.29 is 9.59 Å². The molecule has 0 aliphatic rings. The van der Waals surface area contributed by atoms with E-state index >= 15 is 0 Å². The van der Waals surface area contributed by atoms with Crippen LogP contribution in [-0.2, 0) is 9.59 Å². The monoisotopic (exact) mass is 315 g/mol. The smallest absolute Gasteiger partial charge is 0.230 e. The molecule has 0 bridgehead atoms. The number of hydrogen-bond donors (Lipinski definition) is 2. The number of nitrogens with zero attached hydrogens (tertiary/aromatic N) is 1. The molecular formula is C16H17N3O2S. The molecule has 22 heavy (non-hydrogen) atoms. The number of pyridine rings is 1. The molecular weight excluding hydrogens is 298 g/mol. The Labute approximate surface area is 133 Å². The summed E-state index contributed by atoms with van der Waals surface area (Å²) in [4.78, 5) is 28.3. The molecule has 1 heterocycles. The van der Waals surface area contributed by atoms with Gasteiger partial charge in [-0.15, -0.1) is 11.8 Å². The van der Waals surface area contributed by atoms with Crippen LogP contribution in [0.25, 0.3) is 0 Å². The number of thioether (sulfide) groups is 1.